The van der Waals surface area contributed by atoms with E-state index in [1.54, 1.807) is 0 Å². The molecule has 300 valence electrons. The molecule has 1 atom stereocenters. The van der Waals surface area contributed by atoms with Crippen LogP contribution in [0.15, 0.2) is 224 Å². The van der Waals surface area contributed by atoms with Crippen LogP contribution in [0.25, 0.3) is 112 Å². The molecule has 3 aliphatic rings. The standard InChI is InChI=1S/C62H37N3/c1-5-19-38(20-6-1)47-35-49-43-29-13-15-33-51(43)62(53(49)36-48(47)39-21-7-2-8-22-39)52-34-16-14-30-45(52)57-54(62)37-50-44-31-17-27-40-28-18-32-46(55(40)44)56(50)58(57)61-64-59(41-23-9-3-10-24-41)63-60(65-61)42-25-11-4-12-26-42/h1-37H. The summed E-state index contributed by atoms with van der Waals surface area (Å²) in [5, 5.41) is 2.49. The lowest BCUT2D eigenvalue weighted by Crippen LogP contribution is -2.26. The quantitative estimate of drug-likeness (QED) is 0.174. The zero-order valence-electron chi connectivity index (χ0n) is 35.2. The number of benzene rings is 10. The molecule has 3 nitrogen and oxygen atoms in total. The average molecular weight is 824 g/mol. The monoisotopic (exact) mass is 823 g/mol. The molecule has 11 aromatic rings. The van der Waals surface area contributed by atoms with Crippen LogP contribution in [0.5, 0.6) is 0 Å². The van der Waals surface area contributed by atoms with Crippen molar-refractivity contribution in [3.63, 3.8) is 0 Å². The van der Waals surface area contributed by atoms with Crippen LogP contribution in [0.1, 0.15) is 22.3 Å². The highest BCUT2D eigenvalue weighted by Crippen LogP contribution is 2.67. The van der Waals surface area contributed by atoms with E-state index in [1.807, 2.05) is 12.1 Å². The lowest BCUT2D eigenvalue weighted by Gasteiger charge is -2.32. The normalized spacial score (nSPS) is 14.5. The van der Waals surface area contributed by atoms with Crippen LogP contribution in [0.3, 0.4) is 0 Å². The Labute approximate surface area is 377 Å². The largest absolute Gasteiger partial charge is 0.208 e. The van der Waals surface area contributed by atoms with Crippen LogP contribution >= 0.6 is 0 Å². The van der Waals surface area contributed by atoms with Crippen molar-refractivity contribution in [2.75, 3.05) is 0 Å². The molecule has 3 heteroatoms. The summed E-state index contributed by atoms with van der Waals surface area (Å²) in [4.78, 5) is 16.3. The highest BCUT2D eigenvalue weighted by atomic mass is 15.0. The molecular formula is C62H37N3. The summed E-state index contributed by atoms with van der Waals surface area (Å²) in [6, 6.07) is 81.7. The predicted molar refractivity (Wildman–Crippen MR) is 265 cm³/mol. The molecule has 1 spiro atoms. The van der Waals surface area contributed by atoms with E-state index in [9.17, 15) is 0 Å². The van der Waals surface area contributed by atoms with Crippen molar-refractivity contribution in [2.24, 2.45) is 0 Å². The molecule has 0 aliphatic heterocycles. The van der Waals surface area contributed by atoms with E-state index in [-0.39, 0.29) is 0 Å². The Bertz CT molecular complexity index is 3690. The molecule has 0 bridgehead atoms. The van der Waals surface area contributed by atoms with Crippen molar-refractivity contribution in [1.82, 2.24) is 15.0 Å². The third-order valence-corrected chi connectivity index (χ3v) is 14.1. The summed E-state index contributed by atoms with van der Waals surface area (Å²) in [5.74, 6) is 1.96. The molecule has 0 N–H and O–H groups in total. The maximum atomic E-state index is 5.53. The van der Waals surface area contributed by atoms with Gasteiger partial charge in [0.15, 0.2) is 17.5 Å². The lowest BCUT2D eigenvalue weighted by molar-refractivity contribution is 0.794. The van der Waals surface area contributed by atoms with Crippen LogP contribution < -0.4 is 0 Å². The van der Waals surface area contributed by atoms with Gasteiger partial charge in [-0.05, 0) is 112 Å². The Balaban J connectivity index is 1.16. The van der Waals surface area contributed by atoms with Gasteiger partial charge >= 0.3 is 0 Å². The molecule has 1 aromatic heterocycles. The smallest absolute Gasteiger partial charge is 0.165 e. The topological polar surface area (TPSA) is 38.7 Å². The Morgan fingerprint density at radius 1 is 0.246 bits per heavy atom. The predicted octanol–water partition coefficient (Wildman–Crippen LogP) is 15.4. The molecule has 0 saturated carbocycles. The number of fused-ring (bicyclic) bond motifs is 13. The van der Waals surface area contributed by atoms with Crippen LogP contribution in [0.2, 0.25) is 0 Å². The van der Waals surface area contributed by atoms with E-state index in [1.165, 1.54) is 99.8 Å². The van der Waals surface area contributed by atoms with Gasteiger partial charge in [-0.1, -0.05) is 206 Å². The number of hydrogen-bond donors (Lipinski definition) is 0. The van der Waals surface area contributed by atoms with E-state index in [0.717, 1.165) is 16.7 Å². The number of hydrogen-bond acceptors (Lipinski definition) is 3. The summed E-state index contributed by atoms with van der Waals surface area (Å²) in [6.07, 6.45) is 0. The zero-order valence-corrected chi connectivity index (χ0v) is 35.2. The van der Waals surface area contributed by atoms with Gasteiger partial charge in [-0.25, -0.2) is 15.0 Å². The molecule has 1 unspecified atom stereocenters. The second-order valence-electron chi connectivity index (χ2n) is 17.4. The number of aromatic nitrogens is 3. The number of nitrogens with zero attached hydrogens (tertiary/aromatic N) is 3. The molecule has 1 heterocycles. The first kappa shape index (κ1) is 36.0. The van der Waals surface area contributed by atoms with Crippen LogP contribution in [0.4, 0.5) is 0 Å². The van der Waals surface area contributed by atoms with Gasteiger partial charge in [-0.3, -0.25) is 0 Å². The van der Waals surface area contributed by atoms with Crippen LogP contribution in [0, 0.1) is 0 Å². The molecule has 3 aliphatic carbocycles. The maximum absolute atomic E-state index is 5.53. The minimum atomic E-state index is -0.652. The Morgan fingerprint density at radius 3 is 1.32 bits per heavy atom. The van der Waals surface area contributed by atoms with Gasteiger partial charge < -0.3 is 0 Å². The second kappa shape index (κ2) is 13.7. The molecule has 14 rings (SSSR count). The second-order valence-corrected chi connectivity index (χ2v) is 17.4. The fourth-order valence-electron chi connectivity index (χ4n) is 11.5. The SMILES string of the molecule is c1ccc(-c2nc(-c3ccccc3)nc(-c3c4c(cc5c3-c3ccccc3C53c5ccccc5-c5cc(-c6ccccc6)c(-c6ccccc6)cc53)-c3cccc5cccc-4c35)n2)cc1. The lowest BCUT2D eigenvalue weighted by atomic mass is 9.69. The van der Waals surface area contributed by atoms with Gasteiger partial charge in [0.25, 0.3) is 0 Å². The number of rotatable bonds is 5. The Hall–Kier alpha value is -8.53. The van der Waals surface area contributed by atoms with Gasteiger partial charge in [0.1, 0.15) is 0 Å². The molecule has 0 radical (unpaired) electrons. The molecular weight excluding hydrogens is 787 g/mol. The fourth-order valence-corrected chi connectivity index (χ4v) is 11.5. The highest BCUT2D eigenvalue weighted by molar-refractivity contribution is 6.21. The Morgan fingerprint density at radius 2 is 0.708 bits per heavy atom. The van der Waals surface area contributed by atoms with Gasteiger partial charge in [-0.2, -0.15) is 0 Å². The summed E-state index contributed by atoms with van der Waals surface area (Å²) in [7, 11) is 0. The summed E-state index contributed by atoms with van der Waals surface area (Å²) >= 11 is 0. The molecule has 0 saturated heterocycles. The third kappa shape index (κ3) is 5.04. The van der Waals surface area contributed by atoms with E-state index in [2.05, 4.69) is 212 Å². The van der Waals surface area contributed by atoms with E-state index < -0.39 is 5.41 Å². The minimum absolute atomic E-state index is 0.646. The van der Waals surface area contributed by atoms with Crippen molar-refractivity contribution in [3.05, 3.63) is 247 Å². The van der Waals surface area contributed by atoms with Gasteiger partial charge in [-0.15, -0.1) is 0 Å². The van der Waals surface area contributed by atoms with E-state index >= 15 is 0 Å². The molecule has 0 fully saturated rings. The first-order valence-corrected chi connectivity index (χ1v) is 22.4. The van der Waals surface area contributed by atoms with Crippen molar-refractivity contribution in [1.29, 1.82) is 0 Å². The summed E-state index contributed by atoms with van der Waals surface area (Å²) in [5.41, 5.74) is 21.9. The van der Waals surface area contributed by atoms with Crippen molar-refractivity contribution in [2.45, 2.75) is 5.41 Å². The molecule has 10 aromatic carbocycles. The van der Waals surface area contributed by atoms with Crippen molar-refractivity contribution in [3.8, 4) is 101 Å². The Kier molecular flexibility index (Phi) is 7.61. The first-order chi connectivity index (χ1) is 32.3. The van der Waals surface area contributed by atoms with Crippen molar-refractivity contribution >= 4 is 10.8 Å². The third-order valence-electron chi connectivity index (χ3n) is 14.1. The first-order valence-electron chi connectivity index (χ1n) is 22.4. The molecule has 0 amide bonds. The summed E-state index contributed by atoms with van der Waals surface area (Å²) in [6.45, 7) is 0. The van der Waals surface area contributed by atoms with Gasteiger partial charge in [0, 0.05) is 22.3 Å². The van der Waals surface area contributed by atoms with E-state index in [4.69, 9.17) is 15.0 Å². The minimum Gasteiger partial charge on any atom is -0.208 e. The van der Waals surface area contributed by atoms with E-state index in [0.29, 0.717) is 17.5 Å². The summed E-state index contributed by atoms with van der Waals surface area (Å²) < 4.78 is 0. The van der Waals surface area contributed by atoms with Crippen LogP contribution in [-0.2, 0) is 5.41 Å². The van der Waals surface area contributed by atoms with Crippen molar-refractivity contribution < 1.29 is 0 Å². The van der Waals surface area contributed by atoms with Gasteiger partial charge in [0.05, 0.1) is 5.41 Å². The molecule has 65 heavy (non-hydrogen) atoms. The highest BCUT2D eigenvalue weighted by Gasteiger charge is 2.54. The van der Waals surface area contributed by atoms with Crippen LogP contribution in [-0.4, -0.2) is 15.0 Å². The maximum Gasteiger partial charge on any atom is 0.165 e. The van der Waals surface area contributed by atoms with Gasteiger partial charge in [0.2, 0.25) is 0 Å². The zero-order chi connectivity index (χ0) is 42.6. The average Bonchev–Trinajstić information content (AvgIpc) is 3.98. The fraction of sp³-hybridized carbons (Fsp3) is 0.0161.